The molecule has 1 aliphatic rings. The molecular formula is C16H18ClN5O4. The third-order valence-electron chi connectivity index (χ3n) is 3.91. The van der Waals surface area contributed by atoms with Crippen molar-refractivity contribution in [2.75, 3.05) is 36.4 Å². The minimum absolute atomic E-state index is 0. The van der Waals surface area contributed by atoms with Crippen molar-refractivity contribution < 1.29 is 14.8 Å². The van der Waals surface area contributed by atoms with Gasteiger partial charge >= 0.3 is 5.69 Å². The smallest absolute Gasteiger partial charge is 0.310 e. The molecule has 1 saturated heterocycles. The molecule has 1 aromatic carbocycles. The highest BCUT2D eigenvalue weighted by molar-refractivity contribution is 6.04. The van der Waals surface area contributed by atoms with Crippen LogP contribution in [0.5, 0.6) is 5.75 Å². The summed E-state index contributed by atoms with van der Waals surface area (Å²) < 4.78 is 0. The molecule has 1 aromatic heterocycles. The van der Waals surface area contributed by atoms with Gasteiger partial charge in [-0.25, -0.2) is 4.98 Å². The maximum atomic E-state index is 12.2. The predicted molar refractivity (Wildman–Crippen MR) is 99.3 cm³/mol. The summed E-state index contributed by atoms with van der Waals surface area (Å²) in [6, 6.07) is 7.00. The minimum Gasteiger partial charge on any atom is -0.502 e. The number of rotatable bonds is 4. The number of nitro benzene ring substituents is 1. The molecule has 10 heteroatoms. The quantitative estimate of drug-likeness (QED) is 0.546. The lowest BCUT2D eigenvalue weighted by Crippen LogP contribution is -2.43. The Kier molecular flexibility index (Phi) is 6.31. The maximum absolute atomic E-state index is 12.2. The van der Waals surface area contributed by atoms with E-state index in [-0.39, 0.29) is 18.0 Å². The number of amides is 1. The molecule has 0 unspecified atom stereocenters. The molecule has 2 aromatic rings. The van der Waals surface area contributed by atoms with E-state index in [0.717, 1.165) is 44.0 Å². The number of pyridine rings is 1. The first-order valence-electron chi connectivity index (χ1n) is 7.75. The van der Waals surface area contributed by atoms with Crippen LogP contribution in [-0.4, -0.2) is 47.1 Å². The average Bonchev–Trinajstić information content (AvgIpc) is 2.62. The molecule has 3 rings (SSSR count). The van der Waals surface area contributed by atoms with Gasteiger partial charge in [0.25, 0.3) is 5.91 Å². The highest BCUT2D eigenvalue weighted by atomic mass is 35.5. The van der Waals surface area contributed by atoms with Gasteiger partial charge in [-0.15, -0.1) is 12.4 Å². The van der Waals surface area contributed by atoms with E-state index in [1.165, 1.54) is 6.07 Å². The van der Waals surface area contributed by atoms with Crippen LogP contribution in [0.3, 0.4) is 0 Å². The van der Waals surface area contributed by atoms with Crippen LogP contribution >= 0.6 is 12.4 Å². The Morgan fingerprint density at radius 2 is 2.00 bits per heavy atom. The fourth-order valence-electron chi connectivity index (χ4n) is 2.58. The van der Waals surface area contributed by atoms with Crippen LogP contribution in [0.2, 0.25) is 0 Å². The Morgan fingerprint density at radius 1 is 1.27 bits per heavy atom. The molecule has 26 heavy (non-hydrogen) atoms. The Bertz CT molecular complexity index is 794. The molecule has 0 aliphatic carbocycles. The SMILES string of the molecule is Cl.O=C(Nc1ccc(N2CCNCC2)cn1)c1ccc([N+](=O)[O-])c(O)c1. The molecule has 1 aliphatic heterocycles. The summed E-state index contributed by atoms with van der Waals surface area (Å²) in [5, 5.41) is 26.2. The van der Waals surface area contributed by atoms with Gasteiger partial charge in [-0.3, -0.25) is 14.9 Å². The number of phenols is 1. The van der Waals surface area contributed by atoms with Crippen LogP contribution < -0.4 is 15.5 Å². The number of benzene rings is 1. The molecule has 1 amide bonds. The van der Waals surface area contributed by atoms with Gasteiger partial charge in [0.2, 0.25) is 0 Å². The van der Waals surface area contributed by atoms with Crippen molar-refractivity contribution in [2.45, 2.75) is 0 Å². The highest BCUT2D eigenvalue weighted by Gasteiger charge is 2.16. The molecule has 9 nitrogen and oxygen atoms in total. The van der Waals surface area contributed by atoms with Crippen molar-refractivity contribution in [3.63, 3.8) is 0 Å². The Balaban J connectivity index is 0.00000243. The van der Waals surface area contributed by atoms with E-state index < -0.39 is 22.3 Å². The lowest BCUT2D eigenvalue weighted by atomic mass is 10.2. The van der Waals surface area contributed by atoms with Gasteiger partial charge < -0.3 is 20.6 Å². The van der Waals surface area contributed by atoms with Gasteiger partial charge in [-0.05, 0) is 24.3 Å². The van der Waals surface area contributed by atoms with Crippen LogP contribution in [0.15, 0.2) is 36.5 Å². The van der Waals surface area contributed by atoms with Crippen molar-refractivity contribution >= 4 is 35.5 Å². The number of hydrogen-bond donors (Lipinski definition) is 3. The normalized spacial score (nSPS) is 13.6. The second kappa shape index (κ2) is 8.45. The minimum atomic E-state index is -0.715. The second-order valence-corrected chi connectivity index (χ2v) is 5.55. The highest BCUT2D eigenvalue weighted by Crippen LogP contribution is 2.26. The molecule has 3 N–H and O–H groups in total. The average molecular weight is 380 g/mol. The Labute approximate surface area is 155 Å². The molecule has 0 bridgehead atoms. The third-order valence-corrected chi connectivity index (χ3v) is 3.91. The van der Waals surface area contributed by atoms with Gasteiger partial charge in [0.15, 0.2) is 5.75 Å². The molecule has 138 valence electrons. The van der Waals surface area contributed by atoms with E-state index in [1.807, 2.05) is 6.07 Å². The number of carbonyl (C=O) groups excluding carboxylic acids is 1. The van der Waals surface area contributed by atoms with Crippen LogP contribution in [0.4, 0.5) is 17.2 Å². The number of nitrogens with one attached hydrogen (secondary N) is 2. The topological polar surface area (TPSA) is 121 Å². The van der Waals surface area contributed by atoms with E-state index >= 15 is 0 Å². The van der Waals surface area contributed by atoms with Crippen molar-refractivity contribution in [3.8, 4) is 5.75 Å². The number of nitrogens with zero attached hydrogens (tertiary/aromatic N) is 3. The summed E-state index contributed by atoms with van der Waals surface area (Å²) in [6.07, 6.45) is 1.69. The monoisotopic (exact) mass is 379 g/mol. The maximum Gasteiger partial charge on any atom is 0.310 e. The number of hydrogen-bond acceptors (Lipinski definition) is 7. The van der Waals surface area contributed by atoms with Gasteiger partial charge in [0.05, 0.1) is 16.8 Å². The van der Waals surface area contributed by atoms with Crippen LogP contribution in [0.1, 0.15) is 10.4 Å². The number of phenolic OH excluding ortho intramolecular Hbond substituents is 1. The zero-order valence-corrected chi connectivity index (χ0v) is 14.5. The molecular weight excluding hydrogens is 362 g/mol. The van der Waals surface area contributed by atoms with Crippen LogP contribution in [-0.2, 0) is 0 Å². The predicted octanol–water partition coefficient (Wildman–Crippen LogP) is 1.78. The number of carbonyl (C=O) groups is 1. The van der Waals surface area contributed by atoms with Crippen molar-refractivity contribution in [1.82, 2.24) is 10.3 Å². The fraction of sp³-hybridized carbons (Fsp3) is 0.250. The number of halogens is 1. The van der Waals surface area contributed by atoms with Crippen molar-refractivity contribution in [3.05, 3.63) is 52.2 Å². The van der Waals surface area contributed by atoms with E-state index in [2.05, 4.69) is 20.5 Å². The molecule has 0 spiro atoms. The molecule has 1 fully saturated rings. The first-order chi connectivity index (χ1) is 12.0. The number of piperazine rings is 1. The molecule has 0 atom stereocenters. The van der Waals surface area contributed by atoms with E-state index in [4.69, 9.17) is 0 Å². The first kappa shape index (κ1) is 19.4. The molecule has 2 heterocycles. The number of aromatic nitrogens is 1. The van der Waals surface area contributed by atoms with E-state index in [0.29, 0.717) is 5.82 Å². The van der Waals surface area contributed by atoms with Gasteiger partial charge in [-0.1, -0.05) is 0 Å². The third kappa shape index (κ3) is 4.38. The Morgan fingerprint density at radius 3 is 2.58 bits per heavy atom. The zero-order chi connectivity index (χ0) is 17.8. The summed E-state index contributed by atoms with van der Waals surface area (Å²) in [6.45, 7) is 3.63. The summed E-state index contributed by atoms with van der Waals surface area (Å²) in [7, 11) is 0. The second-order valence-electron chi connectivity index (χ2n) is 5.55. The molecule has 0 radical (unpaired) electrons. The summed E-state index contributed by atoms with van der Waals surface area (Å²) in [4.78, 5) is 28.6. The fourth-order valence-corrected chi connectivity index (χ4v) is 2.58. The zero-order valence-electron chi connectivity index (χ0n) is 13.7. The van der Waals surface area contributed by atoms with Crippen LogP contribution in [0.25, 0.3) is 0 Å². The summed E-state index contributed by atoms with van der Waals surface area (Å²) in [5.41, 5.74) is 0.638. The lowest BCUT2D eigenvalue weighted by molar-refractivity contribution is -0.385. The number of aromatic hydroxyl groups is 1. The summed E-state index contributed by atoms with van der Waals surface area (Å²) in [5.74, 6) is -0.700. The van der Waals surface area contributed by atoms with E-state index in [1.54, 1.807) is 12.3 Å². The van der Waals surface area contributed by atoms with Crippen LogP contribution in [0, 0.1) is 10.1 Å². The summed E-state index contributed by atoms with van der Waals surface area (Å²) >= 11 is 0. The van der Waals surface area contributed by atoms with Crippen molar-refractivity contribution in [2.24, 2.45) is 0 Å². The van der Waals surface area contributed by atoms with Crippen molar-refractivity contribution in [1.29, 1.82) is 0 Å². The standard InChI is InChI=1S/C16H17N5O4.ClH/c22-14-9-11(1-3-13(14)21(24)25)16(23)19-15-4-2-12(10-18-15)20-7-5-17-6-8-20;/h1-4,9-10,17,22H,5-8H2,(H,18,19,23);1H. The number of nitro groups is 1. The largest absolute Gasteiger partial charge is 0.502 e. The molecule has 0 saturated carbocycles. The number of anilines is 2. The van der Waals surface area contributed by atoms with Gasteiger partial charge in [-0.2, -0.15) is 0 Å². The Hall–Kier alpha value is -2.91. The first-order valence-corrected chi connectivity index (χ1v) is 7.75. The van der Waals surface area contributed by atoms with Gasteiger partial charge in [0.1, 0.15) is 5.82 Å². The van der Waals surface area contributed by atoms with E-state index in [9.17, 15) is 20.0 Å². The lowest BCUT2D eigenvalue weighted by Gasteiger charge is -2.29. The van der Waals surface area contributed by atoms with Gasteiger partial charge in [0, 0.05) is 37.8 Å².